The molecule has 0 saturated heterocycles. The van der Waals surface area contributed by atoms with Crippen LogP contribution in [0.2, 0.25) is 0 Å². The van der Waals surface area contributed by atoms with E-state index in [2.05, 4.69) is 15.3 Å². The molecule has 0 aliphatic heterocycles. The highest BCUT2D eigenvalue weighted by molar-refractivity contribution is 5.92. The summed E-state index contributed by atoms with van der Waals surface area (Å²) >= 11 is 0. The van der Waals surface area contributed by atoms with Crippen LogP contribution < -0.4 is 5.32 Å². The molecule has 2 aromatic heterocycles. The highest BCUT2D eigenvalue weighted by Gasteiger charge is 2.30. The van der Waals surface area contributed by atoms with E-state index in [1.54, 1.807) is 18.3 Å². The Morgan fingerprint density at radius 1 is 0.889 bits per heavy atom. The normalized spacial score (nSPS) is 11.6. The molecule has 1 amide bonds. The summed E-state index contributed by atoms with van der Waals surface area (Å²) < 4.78 is 53.6. The number of hydrogen-bond donors (Lipinski definition) is 2. The fourth-order valence-corrected chi connectivity index (χ4v) is 4.00. The van der Waals surface area contributed by atoms with Crippen LogP contribution in [0, 0.1) is 5.82 Å². The summed E-state index contributed by atoms with van der Waals surface area (Å²) in [6.45, 7) is 0. The number of benzene rings is 3. The van der Waals surface area contributed by atoms with Crippen LogP contribution >= 0.6 is 0 Å². The average Bonchev–Trinajstić information content (AvgIpc) is 3.28. The van der Waals surface area contributed by atoms with Crippen molar-refractivity contribution >= 4 is 22.6 Å². The highest BCUT2D eigenvalue weighted by Crippen LogP contribution is 2.31. The van der Waals surface area contributed by atoms with Crippen molar-refractivity contribution in [3.63, 3.8) is 0 Å². The van der Waals surface area contributed by atoms with Crippen LogP contribution in [0.3, 0.4) is 0 Å². The van der Waals surface area contributed by atoms with Gasteiger partial charge in [-0.3, -0.25) is 4.79 Å². The number of aromatic amines is 1. The van der Waals surface area contributed by atoms with E-state index in [1.807, 2.05) is 42.5 Å². The predicted molar refractivity (Wildman–Crippen MR) is 131 cm³/mol. The first kappa shape index (κ1) is 23.3. The number of carbonyl (C=O) groups is 1. The predicted octanol–water partition coefficient (Wildman–Crippen LogP) is 7.24. The summed E-state index contributed by atoms with van der Waals surface area (Å²) in [4.78, 5) is 20.0. The van der Waals surface area contributed by atoms with Crippen LogP contribution in [0.25, 0.3) is 33.4 Å². The molecule has 0 unspecified atom stereocenters. The molecule has 0 aliphatic carbocycles. The van der Waals surface area contributed by atoms with E-state index in [0.29, 0.717) is 22.3 Å². The third-order valence-electron chi connectivity index (χ3n) is 5.74. The lowest BCUT2D eigenvalue weighted by Gasteiger charge is -2.10. The average molecular weight is 489 g/mol. The molecule has 180 valence electrons. The van der Waals surface area contributed by atoms with Gasteiger partial charge in [0.2, 0.25) is 5.91 Å². The molecule has 0 spiro atoms. The van der Waals surface area contributed by atoms with Crippen LogP contribution in [0.5, 0.6) is 0 Å². The van der Waals surface area contributed by atoms with Crippen molar-refractivity contribution in [2.24, 2.45) is 0 Å². The second kappa shape index (κ2) is 9.30. The van der Waals surface area contributed by atoms with E-state index >= 15 is 0 Å². The van der Waals surface area contributed by atoms with Gasteiger partial charge < -0.3 is 10.3 Å². The third kappa shape index (κ3) is 4.98. The lowest BCUT2D eigenvalue weighted by Crippen LogP contribution is -2.15. The number of nitrogens with one attached hydrogen (secondary N) is 2. The van der Waals surface area contributed by atoms with Gasteiger partial charge in [-0.05, 0) is 47.5 Å². The van der Waals surface area contributed by atoms with E-state index < -0.39 is 23.5 Å². The summed E-state index contributed by atoms with van der Waals surface area (Å²) in [6, 6.07) is 22.3. The number of H-pyrrole nitrogens is 1. The van der Waals surface area contributed by atoms with E-state index in [-0.39, 0.29) is 12.1 Å². The standard InChI is InChI=1S/C28H19F4N3O/c29-24-11-17(12-26(36)34-22-8-4-7-21(15-22)28(30,31)32)9-10-23(24)20-13-19-14-25(35-27(19)33-16-20)18-5-2-1-3-6-18/h1-11,13-16H,12H2,(H,33,35)(H,34,36). The Balaban J connectivity index is 1.32. The van der Waals surface area contributed by atoms with Gasteiger partial charge in [0.1, 0.15) is 11.5 Å². The Bertz CT molecular complexity index is 1560. The first-order chi connectivity index (χ1) is 17.3. The number of aromatic nitrogens is 2. The van der Waals surface area contributed by atoms with Gasteiger partial charge in [0.15, 0.2) is 0 Å². The fraction of sp³-hybridized carbons (Fsp3) is 0.0714. The van der Waals surface area contributed by atoms with Crippen molar-refractivity contribution < 1.29 is 22.4 Å². The molecule has 0 radical (unpaired) electrons. The number of hydrogen-bond acceptors (Lipinski definition) is 2. The first-order valence-corrected chi connectivity index (χ1v) is 11.1. The summed E-state index contributed by atoms with van der Waals surface area (Å²) in [5.74, 6) is -1.08. The van der Waals surface area contributed by atoms with Crippen molar-refractivity contribution in [1.82, 2.24) is 9.97 Å². The Kier molecular flexibility index (Phi) is 6.01. The number of amides is 1. The number of alkyl halides is 3. The Labute approximate surface area is 203 Å². The van der Waals surface area contributed by atoms with Gasteiger partial charge in [-0.2, -0.15) is 13.2 Å². The zero-order chi connectivity index (χ0) is 25.3. The number of nitrogens with zero attached hydrogens (tertiary/aromatic N) is 1. The number of rotatable bonds is 5. The van der Waals surface area contributed by atoms with Gasteiger partial charge in [-0.25, -0.2) is 9.37 Å². The molecule has 3 aromatic carbocycles. The second-order valence-electron chi connectivity index (χ2n) is 8.33. The van der Waals surface area contributed by atoms with Crippen molar-refractivity contribution in [1.29, 1.82) is 0 Å². The summed E-state index contributed by atoms with van der Waals surface area (Å²) in [5.41, 5.74) is 3.05. The molecule has 4 nitrogen and oxygen atoms in total. The largest absolute Gasteiger partial charge is 0.416 e. The topological polar surface area (TPSA) is 57.8 Å². The highest BCUT2D eigenvalue weighted by atomic mass is 19.4. The Hall–Kier alpha value is -4.46. The molecule has 8 heteroatoms. The molecule has 5 rings (SSSR count). The molecule has 0 atom stereocenters. The number of fused-ring (bicyclic) bond motifs is 1. The fourth-order valence-electron chi connectivity index (χ4n) is 4.00. The molecule has 0 aliphatic rings. The maximum absolute atomic E-state index is 15.0. The van der Waals surface area contributed by atoms with Crippen LogP contribution in [0.15, 0.2) is 91.1 Å². The molecule has 2 heterocycles. The Morgan fingerprint density at radius 3 is 2.44 bits per heavy atom. The number of carbonyl (C=O) groups excluding carboxylic acids is 1. The summed E-state index contributed by atoms with van der Waals surface area (Å²) in [7, 11) is 0. The molecule has 0 fully saturated rings. The molecule has 5 aromatic rings. The number of pyridine rings is 1. The van der Waals surface area contributed by atoms with Gasteiger partial charge in [0, 0.05) is 34.1 Å². The van der Waals surface area contributed by atoms with Crippen LogP contribution in [0.4, 0.5) is 23.2 Å². The minimum absolute atomic E-state index is 0.0210. The van der Waals surface area contributed by atoms with Gasteiger partial charge in [0.25, 0.3) is 0 Å². The molecular weight excluding hydrogens is 470 g/mol. The third-order valence-corrected chi connectivity index (χ3v) is 5.74. The van der Waals surface area contributed by atoms with E-state index in [9.17, 15) is 22.4 Å². The molecular formula is C28H19F4N3O. The molecule has 2 N–H and O–H groups in total. The molecule has 0 bridgehead atoms. The van der Waals surface area contributed by atoms with Gasteiger partial charge in [-0.1, -0.05) is 48.5 Å². The van der Waals surface area contributed by atoms with Crippen molar-refractivity contribution in [2.75, 3.05) is 5.32 Å². The monoisotopic (exact) mass is 489 g/mol. The smallest absolute Gasteiger partial charge is 0.339 e. The Morgan fingerprint density at radius 2 is 1.69 bits per heavy atom. The lowest BCUT2D eigenvalue weighted by atomic mass is 10.0. The number of anilines is 1. The zero-order valence-electron chi connectivity index (χ0n) is 18.7. The van der Waals surface area contributed by atoms with Gasteiger partial charge in [0.05, 0.1) is 12.0 Å². The summed E-state index contributed by atoms with van der Waals surface area (Å²) in [6.07, 6.45) is -3.13. The van der Waals surface area contributed by atoms with E-state index in [0.717, 1.165) is 28.8 Å². The van der Waals surface area contributed by atoms with Crippen LogP contribution in [-0.2, 0) is 17.4 Å². The quantitative estimate of drug-likeness (QED) is 0.256. The van der Waals surface area contributed by atoms with Crippen molar-refractivity contribution in [3.05, 3.63) is 108 Å². The summed E-state index contributed by atoms with van der Waals surface area (Å²) in [5, 5.41) is 3.26. The van der Waals surface area contributed by atoms with Crippen molar-refractivity contribution in [2.45, 2.75) is 12.6 Å². The maximum Gasteiger partial charge on any atom is 0.416 e. The first-order valence-electron chi connectivity index (χ1n) is 11.1. The minimum Gasteiger partial charge on any atom is -0.339 e. The van der Waals surface area contributed by atoms with Gasteiger partial charge in [-0.15, -0.1) is 0 Å². The molecule has 0 saturated carbocycles. The number of halogens is 4. The van der Waals surface area contributed by atoms with Crippen molar-refractivity contribution in [3.8, 4) is 22.4 Å². The van der Waals surface area contributed by atoms with E-state index in [4.69, 9.17) is 0 Å². The van der Waals surface area contributed by atoms with Crippen LogP contribution in [0.1, 0.15) is 11.1 Å². The van der Waals surface area contributed by atoms with E-state index in [1.165, 1.54) is 18.2 Å². The molecule has 36 heavy (non-hydrogen) atoms. The lowest BCUT2D eigenvalue weighted by molar-refractivity contribution is -0.137. The van der Waals surface area contributed by atoms with Crippen LogP contribution in [-0.4, -0.2) is 15.9 Å². The maximum atomic E-state index is 15.0. The second-order valence-corrected chi connectivity index (χ2v) is 8.33. The van der Waals surface area contributed by atoms with Gasteiger partial charge >= 0.3 is 6.18 Å². The SMILES string of the molecule is O=C(Cc1ccc(-c2cnc3[nH]c(-c4ccccc4)cc3c2)c(F)c1)Nc1cccc(C(F)(F)F)c1. The minimum atomic E-state index is -4.51. The zero-order valence-corrected chi connectivity index (χ0v) is 18.7.